The molecule has 0 atom stereocenters. The number of aryl methyl sites for hydroxylation is 1. The van der Waals surface area contributed by atoms with Crippen molar-refractivity contribution in [3.05, 3.63) is 51.0 Å². The maximum atomic E-state index is 12.3. The number of nitrogens with zero attached hydrogens (tertiary/aromatic N) is 2. The number of amides is 1. The number of thiophene rings is 1. The smallest absolute Gasteiger partial charge is 0.325 e. The number of fused-ring (bicyclic) bond motifs is 1. The molecule has 2 heterocycles. The number of carbonyl (C=O) groups excluding carboxylic acids is 2. The van der Waals surface area contributed by atoms with E-state index < -0.39 is 0 Å². The van der Waals surface area contributed by atoms with Crippen molar-refractivity contribution in [2.75, 3.05) is 7.11 Å². The minimum absolute atomic E-state index is 0.0263. The Hall–Kier alpha value is -2.25. The fourth-order valence-corrected chi connectivity index (χ4v) is 4.01. The number of thiazole rings is 1. The number of hydrogen-bond acceptors (Lipinski definition) is 5. The highest BCUT2D eigenvalue weighted by atomic mass is 32.1. The van der Waals surface area contributed by atoms with Crippen LogP contribution in [0.2, 0.25) is 0 Å². The predicted molar refractivity (Wildman–Crippen MR) is 95.4 cm³/mol. The van der Waals surface area contributed by atoms with Gasteiger partial charge in [0.2, 0.25) is 0 Å². The molecule has 2 aromatic heterocycles. The second-order valence-electron chi connectivity index (χ2n) is 5.10. The second-order valence-corrected chi connectivity index (χ2v) is 7.05. The average molecular weight is 360 g/mol. The summed E-state index contributed by atoms with van der Waals surface area (Å²) >= 11 is 2.75. The number of hydrogen-bond donors (Lipinski definition) is 0. The van der Waals surface area contributed by atoms with E-state index in [2.05, 4.69) is 18.0 Å². The van der Waals surface area contributed by atoms with Crippen LogP contribution in [-0.4, -0.2) is 23.6 Å². The Morgan fingerprint density at radius 1 is 1.29 bits per heavy atom. The molecule has 0 radical (unpaired) electrons. The normalized spacial score (nSPS) is 11.8. The largest absolute Gasteiger partial charge is 0.468 e. The first-order valence-electron chi connectivity index (χ1n) is 7.44. The van der Waals surface area contributed by atoms with Crippen LogP contribution in [-0.2, 0) is 22.5 Å². The summed E-state index contributed by atoms with van der Waals surface area (Å²) in [5, 5.41) is 1.84. The Morgan fingerprint density at radius 2 is 2.12 bits per heavy atom. The Labute approximate surface area is 146 Å². The first-order valence-corrected chi connectivity index (χ1v) is 9.13. The zero-order valence-electron chi connectivity index (χ0n) is 13.3. The van der Waals surface area contributed by atoms with Gasteiger partial charge in [-0.25, -0.2) is 0 Å². The molecule has 7 heteroatoms. The number of esters is 1. The molecule has 0 N–H and O–H groups in total. The van der Waals surface area contributed by atoms with Crippen LogP contribution in [0.3, 0.4) is 0 Å². The van der Waals surface area contributed by atoms with Crippen molar-refractivity contribution >= 4 is 44.8 Å². The minimum atomic E-state index is -0.376. The lowest BCUT2D eigenvalue weighted by molar-refractivity contribution is -0.141. The van der Waals surface area contributed by atoms with Crippen LogP contribution in [0.4, 0.5) is 0 Å². The number of carbonyl (C=O) groups is 2. The van der Waals surface area contributed by atoms with E-state index in [0.29, 0.717) is 9.68 Å². The lowest BCUT2D eigenvalue weighted by Crippen LogP contribution is -2.22. The van der Waals surface area contributed by atoms with Crippen molar-refractivity contribution in [1.82, 2.24) is 4.57 Å². The molecular weight excluding hydrogens is 344 g/mol. The summed E-state index contributed by atoms with van der Waals surface area (Å²) in [6, 6.07) is 9.61. The Balaban J connectivity index is 2.15. The lowest BCUT2D eigenvalue weighted by atomic mass is 10.2. The Kier molecular flexibility index (Phi) is 4.92. The summed E-state index contributed by atoms with van der Waals surface area (Å²) in [5.41, 5.74) is 2.07. The molecule has 1 aromatic carbocycles. The summed E-state index contributed by atoms with van der Waals surface area (Å²) in [4.78, 5) is 29.4. The number of methoxy groups -OCH3 is 1. The summed E-state index contributed by atoms with van der Waals surface area (Å²) in [6.45, 7) is 2.11. The van der Waals surface area contributed by atoms with Gasteiger partial charge in [-0.05, 0) is 35.6 Å². The van der Waals surface area contributed by atoms with E-state index >= 15 is 0 Å². The van der Waals surface area contributed by atoms with Crippen molar-refractivity contribution in [1.29, 1.82) is 0 Å². The summed E-state index contributed by atoms with van der Waals surface area (Å²) in [6.07, 6.45) is 0.922. The topological polar surface area (TPSA) is 60.7 Å². The van der Waals surface area contributed by atoms with Crippen LogP contribution in [0.15, 0.2) is 40.7 Å². The van der Waals surface area contributed by atoms with Crippen molar-refractivity contribution < 1.29 is 14.3 Å². The van der Waals surface area contributed by atoms with Gasteiger partial charge in [-0.3, -0.25) is 9.59 Å². The summed E-state index contributed by atoms with van der Waals surface area (Å²) < 4.78 is 7.50. The second kappa shape index (κ2) is 7.11. The standard InChI is InChI=1S/C17H16N2O3S2/c1-3-11-6-7-12-14(9-11)24-17(19(12)10-15(20)22-2)18-16(21)13-5-4-8-23-13/h4-9H,3,10H2,1-2H3. The number of rotatable bonds is 4. The molecule has 0 aliphatic heterocycles. The maximum Gasteiger partial charge on any atom is 0.325 e. The van der Waals surface area contributed by atoms with Crippen LogP contribution >= 0.6 is 22.7 Å². The summed E-state index contributed by atoms with van der Waals surface area (Å²) in [7, 11) is 1.35. The molecule has 3 rings (SSSR count). The molecule has 5 nitrogen and oxygen atoms in total. The number of aromatic nitrogens is 1. The van der Waals surface area contributed by atoms with Gasteiger partial charge in [-0.2, -0.15) is 4.99 Å². The van der Waals surface area contributed by atoms with E-state index in [9.17, 15) is 9.59 Å². The molecule has 1 amide bonds. The molecular formula is C17H16N2O3S2. The van der Waals surface area contributed by atoms with Gasteiger partial charge in [0.1, 0.15) is 6.54 Å². The third-order valence-electron chi connectivity index (χ3n) is 3.60. The van der Waals surface area contributed by atoms with Crippen LogP contribution in [0.1, 0.15) is 22.2 Å². The molecule has 0 bridgehead atoms. The van der Waals surface area contributed by atoms with Crippen molar-refractivity contribution in [3.8, 4) is 0 Å². The van der Waals surface area contributed by atoms with Crippen LogP contribution < -0.4 is 4.80 Å². The zero-order chi connectivity index (χ0) is 17.1. The van der Waals surface area contributed by atoms with Gasteiger partial charge in [0.05, 0.1) is 22.2 Å². The zero-order valence-corrected chi connectivity index (χ0v) is 14.9. The molecule has 0 unspecified atom stereocenters. The van der Waals surface area contributed by atoms with Crippen molar-refractivity contribution in [2.24, 2.45) is 4.99 Å². The molecule has 24 heavy (non-hydrogen) atoms. The van der Waals surface area contributed by atoms with Crippen molar-refractivity contribution in [2.45, 2.75) is 19.9 Å². The van der Waals surface area contributed by atoms with Gasteiger partial charge in [-0.1, -0.05) is 30.4 Å². The predicted octanol–water partition coefficient (Wildman–Crippen LogP) is 3.24. The van der Waals surface area contributed by atoms with Gasteiger partial charge in [-0.15, -0.1) is 11.3 Å². The Morgan fingerprint density at radius 3 is 2.79 bits per heavy atom. The molecule has 0 saturated heterocycles. The fraction of sp³-hybridized carbons (Fsp3) is 0.235. The van der Waals surface area contributed by atoms with Gasteiger partial charge >= 0.3 is 5.97 Å². The van der Waals surface area contributed by atoms with Gasteiger partial charge in [0.25, 0.3) is 5.91 Å². The average Bonchev–Trinajstić information content (AvgIpc) is 3.23. The molecule has 3 aromatic rings. The van der Waals surface area contributed by atoms with Gasteiger partial charge in [0.15, 0.2) is 4.80 Å². The molecule has 0 fully saturated rings. The molecule has 0 aliphatic rings. The van der Waals surface area contributed by atoms with E-state index in [1.165, 1.54) is 35.3 Å². The fourth-order valence-electron chi connectivity index (χ4n) is 2.31. The summed E-state index contributed by atoms with van der Waals surface area (Å²) in [5.74, 6) is -0.676. The third kappa shape index (κ3) is 3.32. The maximum absolute atomic E-state index is 12.3. The first kappa shape index (κ1) is 16.6. The molecule has 0 saturated carbocycles. The first-order chi connectivity index (χ1) is 11.6. The van der Waals surface area contributed by atoms with E-state index in [4.69, 9.17) is 4.74 Å². The molecule has 0 spiro atoms. The SMILES string of the molecule is CCc1ccc2c(c1)sc(=NC(=O)c1cccs1)n2CC(=O)OC. The van der Waals surface area contributed by atoms with Crippen molar-refractivity contribution in [3.63, 3.8) is 0 Å². The minimum Gasteiger partial charge on any atom is -0.468 e. The van der Waals surface area contributed by atoms with E-state index in [1.807, 2.05) is 23.6 Å². The highest BCUT2D eigenvalue weighted by Crippen LogP contribution is 2.20. The monoisotopic (exact) mass is 360 g/mol. The van der Waals surface area contributed by atoms with Gasteiger partial charge < -0.3 is 9.30 Å². The van der Waals surface area contributed by atoms with E-state index in [-0.39, 0.29) is 18.4 Å². The van der Waals surface area contributed by atoms with Gasteiger partial charge in [0, 0.05) is 0 Å². The Bertz CT molecular complexity index is 952. The highest BCUT2D eigenvalue weighted by Gasteiger charge is 2.13. The molecule has 124 valence electrons. The third-order valence-corrected chi connectivity index (χ3v) is 5.50. The highest BCUT2D eigenvalue weighted by molar-refractivity contribution is 7.16. The van der Waals surface area contributed by atoms with Crippen LogP contribution in [0.25, 0.3) is 10.2 Å². The van der Waals surface area contributed by atoms with E-state index in [0.717, 1.165) is 16.6 Å². The lowest BCUT2D eigenvalue weighted by Gasteiger charge is -2.04. The quantitative estimate of drug-likeness (QED) is 0.671. The number of benzene rings is 1. The van der Waals surface area contributed by atoms with E-state index in [1.54, 1.807) is 10.6 Å². The van der Waals surface area contributed by atoms with Crippen LogP contribution in [0, 0.1) is 0 Å². The number of ether oxygens (including phenoxy) is 1. The van der Waals surface area contributed by atoms with Crippen LogP contribution in [0.5, 0.6) is 0 Å². The molecule has 0 aliphatic carbocycles.